The molecule has 1 aromatic heterocycles. The van der Waals surface area contributed by atoms with E-state index in [0.717, 1.165) is 11.8 Å². The Morgan fingerprint density at radius 2 is 2.46 bits per heavy atom. The van der Waals surface area contributed by atoms with Crippen LogP contribution in [-0.4, -0.2) is 18.1 Å². The summed E-state index contributed by atoms with van der Waals surface area (Å²) in [4.78, 5) is 4.36. The van der Waals surface area contributed by atoms with Crippen molar-refractivity contribution >= 4 is 16.9 Å². The van der Waals surface area contributed by atoms with Crippen molar-refractivity contribution < 1.29 is 0 Å². The summed E-state index contributed by atoms with van der Waals surface area (Å²) in [6.45, 7) is 2.36. The monoisotopic (exact) mass is 192 g/mol. The van der Waals surface area contributed by atoms with Crippen LogP contribution in [0.5, 0.6) is 0 Å². The Balaban J connectivity index is 1.88. The van der Waals surface area contributed by atoms with E-state index in [1.54, 1.807) is 11.3 Å². The van der Waals surface area contributed by atoms with E-state index in [1.807, 2.05) is 6.20 Å². The molecule has 1 saturated heterocycles. The van der Waals surface area contributed by atoms with E-state index >= 15 is 0 Å². The number of aromatic nitrogens is 1. The van der Waals surface area contributed by atoms with Gasteiger partial charge >= 0.3 is 0 Å². The molecule has 1 fully saturated rings. The fourth-order valence-electron chi connectivity index (χ4n) is 2.32. The van der Waals surface area contributed by atoms with Crippen molar-refractivity contribution in [3.05, 3.63) is 22.7 Å². The third kappa shape index (κ3) is 1.23. The zero-order chi connectivity index (χ0) is 8.67. The number of hydrogen-bond acceptors (Lipinski definition) is 3. The van der Waals surface area contributed by atoms with Crippen LogP contribution in [0.4, 0.5) is 0 Å². The number of thiazole rings is 1. The fraction of sp³-hybridized carbons (Fsp3) is 0.500. The highest BCUT2D eigenvalue weighted by atomic mass is 32.1. The summed E-state index contributed by atoms with van der Waals surface area (Å²) >= 11 is 1.76. The Bertz CT molecular complexity index is 329. The van der Waals surface area contributed by atoms with Crippen LogP contribution >= 0.6 is 11.3 Å². The van der Waals surface area contributed by atoms with Crippen LogP contribution in [0.25, 0.3) is 5.57 Å². The Kier molecular flexibility index (Phi) is 1.73. The summed E-state index contributed by atoms with van der Waals surface area (Å²) in [5.41, 5.74) is 1.48. The van der Waals surface area contributed by atoms with Crippen LogP contribution in [0.2, 0.25) is 0 Å². The fourth-order valence-corrected chi connectivity index (χ4v) is 3.00. The van der Waals surface area contributed by atoms with Gasteiger partial charge in [0.2, 0.25) is 0 Å². The molecule has 2 atom stereocenters. The van der Waals surface area contributed by atoms with Crippen molar-refractivity contribution in [2.24, 2.45) is 11.8 Å². The van der Waals surface area contributed by atoms with Gasteiger partial charge in [0.1, 0.15) is 5.01 Å². The summed E-state index contributed by atoms with van der Waals surface area (Å²) in [7, 11) is 0. The van der Waals surface area contributed by atoms with E-state index in [9.17, 15) is 0 Å². The first-order valence-corrected chi connectivity index (χ1v) is 5.63. The average Bonchev–Trinajstić information content (AvgIpc) is 2.78. The van der Waals surface area contributed by atoms with E-state index in [2.05, 4.69) is 21.8 Å². The van der Waals surface area contributed by atoms with Gasteiger partial charge in [-0.2, -0.15) is 0 Å². The van der Waals surface area contributed by atoms with E-state index in [4.69, 9.17) is 0 Å². The maximum absolute atomic E-state index is 4.36. The van der Waals surface area contributed by atoms with Crippen molar-refractivity contribution in [1.29, 1.82) is 0 Å². The van der Waals surface area contributed by atoms with E-state index < -0.39 is 0 Å². The number of rotatable bonds is 1. The molecule has 2 aliphatic rings. The second-order valence-corrected chi connectivity index (χ2v) is 4.71. The molecule has 1 N–H and O–H groups in total. The molecular weight excluding hydrogens is 180 g/mol. The number of hydrogen-bond donors (Lipinski definition) is 1. The van der Waals surface area contributed by atoms with Gasteiger partial charge in [-0.15, -0.1) is 11.3 Å². The molecule has 1 aliphatic heterocycles. The minimum Gasteiger partial charge on any atom is -0.316 e. The Labute approximate surface area is 81.7 Å². The van der Waals surface area contributed by atoms with Gasteiger partial charge < -0.3 is 5.32 Å². The summed E-state index contributed by atoms with van der Waals surface area (Å²) in [5.74, 6) is 1.62. The minimum atomic E-state index is 0.777. The first-order valence-electron chi connectivity index (χ1n) is 4.75. The maximum Gasteiger partial charge on any atom is 0.118 e. The van der Waals surface area contributed by atoms with Crippen molar-refractivity contribution in [2.75, 3.05) is 13.1 Å². The quantitative estimate of drug-likeness (QED) is 0.733. The van der Waals surface area contributed by atoms with Gasteiger partial charge in [0.25, 0.3) is 0 Å². The average molecular weight is 192 g/mol. The van der Waals surface area contributed by atoms with Gasteiger partial charge in [-0.25, -0.2) is 4.98 Å². The van der Waals surface area contributed by atoms with Gasteiger partial charge in [-0.1, -0.05) is 6.08 Å². The molecule has 0 saturated carbocycles. The van der Waals surface area contributed by atoms with Crippen LogP contribution in [0.15, 0.2) is 17.7 Å². The third-order valence-electron chi connectivity index (χ3n) is 3.00. The predicted molar refractivity (Wildman–Crippen MR) is 54.6 cm³/mol. The highest BCUT2D eigenvalue weighted by molar-refractivity contribution is 7.10. The van der Waals surface area contributed by atoms with Crippen LogP contribution in [-0.2, 0) is 0 Å². The van der Waals surface area contributed by atoms with Crippen LogP contribution < -0.4 is 5.32 Å². The molecule has 2 unspecified atom stereocenters. The lowest BCUT2D eigenvalue weighted by molar-refractivity contribution is 0.536. The number of nitrogens with one attached hydrogen (secondary N) is 1. The first-order chi connectivity index (χ1) is 6.43. The second-order valence-electron chi connectivity index (χ2n) is 3.82. The van der Waals surface area contributed by atoms with Crippen LogP contribution in [0.1, 0.15) is 11.4 Å². The first kappa shape index (κ1) is 7.71. The number of nitrogens with zero attached hydrogens (tertiary/aromatic N) is 1. The number of fused-ring (bicyclic) bond motifs is 1. The van der Waals surface area contributed by atoms with E-state index in [1.165, 1.54) is 30.1 Å². The molecule has 68 valence electrons. The zero-order valence-corrected chi connectivity index (χ0v) is 8.18. The molecule has 1 aromatic rings. The highest BCUT2D eigenvalue weighted by Gasteiger charge is 2.32. The van der Waals surface area contributed by atoms with Gasteiger partial charge in [0, 0.05) is 18.1 Å². The van der Waals surface area contributed by atoms with Gasteiger partial charge in [0.15, 0.2) is 0 Å². The lowest BCUT2D eigenvalue weighted by Crippen LogP contribution is -2.09. The SMILES string of the molecule is C1=C(c2nccs2)CC2CNCC12. The molecular formula is C10H12N2S. The summed E-state index contributed by atoms with van der Waals surface area (Å²) in [6.07, 6.45) is 5.54. The summed E-state index contributed by atoms with van der Waals surface area (Å²) < 4.78 is 0. The third-order valence-corrected chi connectivity index (χ3v) is 3.85. The Hall–Kier alpha value is -0.670. The molecule has 1 aliphatic carbocycles. The largest absolute Gasteiger partial charge is 0.316 e. The topological polar surface area (TPSA) is 24.9 Å². The standard InChI is InChI=1S/C10H12N2S/c1-2-13-10(12-1)7-3-8-5-11-6-9(8)4-7/h1-3,8-9,11H,4-6H2. The molecule has 0 radical (unpaired) electrons. The lowest BCUT2D eigenvalue weighted by Gasteiger charge is -2.04. The lowest BCUT2D eigenvalue weighted by atomic mass is 10.00. The van der Waals surface area contributed by atoms with Gasteiger partial charge in [-0.3, -0.25) is 0 Å². The summed E-state index contributed by atoms with van der Waals surface area (Å²) in [6, 6.07) is 0. The molecule has 2 heterocycles. The smallest absolute Gasteiger partial charge is 0.118 e. The summed E-state index contributed by atoms with van der Waals surface area (Å²) in [5, 5.41) is 6.72. The Morgan fingerprint density at radius 1 is 1.46 bits per heavy atom. The highest BCUT2D eigenvalue weighted by Crippen LogP contribution is 2.38. The van der Waals surface area contributed by atoms with Crippen molar-refractivity contribution in [3.8, 4) is 0 Å². The molecule has 0 spiro atoms. The molecule has 0 bridgehead atoms. The van der Waals surface area contributed by atoms with Crippen molar-refractivity contribution in [1.82, 2.24) is 10.3 Å². The van der Waals surface area contributed by atoms with Crippen LogP contribution in [0, 0.1) is 11.8 Å². The molecule has 3 heteroatoms. The minimum absolute atomic E-state index is 0.777. The molecule has 3 rings (SSSR count). The van der Waals surface area contributed by atoms with Crippen LogP contribution in [0.3, 0.4) is 0 Å². The molecule has 2 nitrogen and oxygen atoms in total. The normalized spacial score (nSPS) is 31.8. The van der Waals surface area contributed by atoms with E-state index in [0.29, 0.717) is 0 Å². The Morgan fingerprint density at radius 3 is 3.23 bits per heavy atom. The van der Waals surface area contributed by atoms with E-state index in [-0.39, 0.29) is 0 Å². The molecule has 0 amide bonds. The molecule has 13 heavy (non-hydrogen) atoms. The zero-order valence-electron chi connectivity index (χ0n) is 7.36. The molecule has 0 aromatic carbocycles. The van der Waals surface area contributed by atoms with Gasteiger partial charge in [0.05, 0.1) is 0 Å². The second kappa shape index (κ2) is 2.93. The van der Waals surface area contributed by atoms with Crippen molar-refractivity contribution in [3.63, 3.8) is 0 Å². The number of allylic oxidation sites excluding steroid dienone is 1. The predicted octanol–water partition coefficient (Wildman–Crippen LogP) is 1.77. The maximum atomic E-state index is 4.36. The van der Waals surface area contributed by atoms with Crippen molar-refractivity contribution in [2.45, 2.75) is 6.42 Å². The van der Waals surface area contributed by atoms with Gasteiger partial charge in [-0.05, 0) is 30.4 Å².